The Morgan fingerprint density at radius 1 is 1.20 bits per heavy atom. The van der Waals surface area contributed by atoms with Crippen molar-refractivity contribution in [2.24, 2.45) is 0 Å². The average molecular weight is 346 g/mol. The summed E-state index contributed by atoms with van der Waals surface area (Å²) in [4.78, 5) is 2.25. The minimum absolute atomic E-state index is 0.307. The van der Waals surface area contributed by atoms with Gasteiger partial charge in [-0.25, -0.2) is 0 Å². The van der Waals surface area contributed by atoms with Gasteiger partial charge in [-0.1, -0.05) is 19.1 Å². The van der Waals surface area contributed by atoms with E-state index >= 15 is 0 Å². The molecule has 2 rings (SSSR count). The molecule has 2 aromatic rings. The van der Waals surface area contributed by atoms with Gasteiger partial charge in [0.25, 0.3) is 0 Å². The Kier molecular flexibility index (Phi) is 7.98. The van der Waals surface area contributed by atoms with Crippen molar-refractivity contribution in [1.82, 2.24) is 9.47 Å². The Hall–Kier alpha value is -1.82. The molecule has 1 aromatic carbocycles. The molecule has 1 aromatic heterocycles. The third-order valence-corrected chi connectivity index (χ3v) is 4.35. The highest BCUT2D eigenvalue weighted by Gasteiger charge is 2.13. The fourth-order valence-electron chi connectivity index (χ4n) is 2.83. The zero-order valence-corrected chi connectivity index (χ0v) is 15.5. The van der Waals surface area contributed by atoms with E-state index in [1.807, 2.05) is 19.1 Å². The van der Waals surface area contributed by atoms with Crippen molar-refractivity contribution >= 4 is 0 Å². The number of rotatable bonds is 11. The third-order valence-electron chi connectivity index (χ3n) is 4.35. The van der Waals surface area contributed by atoms with E-state index < -0.39 is 0 Å². The molecule has 0 aliphatic heterocycles. The predicted octanol–water partition coefficient (Wildman–Crippen LogP) is 2.76. The lowest BCUT2D eigenvalue weighted by atomic mass is 10.2. The number of aliphatic hydroxyl groups excluding tert-OH is 1. The van der Waals surface area contributed by atoms with Crippen molar-refractivity contribution in [2.75, 3.05) is 33.9 Å². The molecule has 1 heterocycles. The van der Waals surface area contributed by atoms with Crippen molar-refractivity contribution in [3.63, 3.8) is 0 Å². The summed E-state index contributed by atoms with van der Waals surface area (Å²) in [5, 5.41) is 10.0. The zero-order valence-electron chi connectivity index (χ0n) is 15.5. The van der Waals surface area contributed by atoms with Crippen molar-refractivity contribution in [3.8, 4) is 5.75 Å². The van der Waals surface area contributed by atoms with Crippen molar-refractivity contribution < 1.29 is 14.6 Å². The van der Waals surface area contributed by atoms with Crippen LogP contribution in [-0.4, -0.2) is 54.6 Å². The van der Waals surface area contributed by atoms with Crippen molar-refractivity contribution in [3.05, 3.63) is 53.9 Å². The SMILES string of the molecule is CC[C@H](O)CN(CCOC)Cc1cccn1Cc1cccc(OC)c1. The van der Waals surface area contributed by atoms with Crippen LogP contribution in [0.1, 0.15) is 24.6 Å². The molecule has 0 aliphatic carbocycles. The highest BCUT2D eigenvalue weighted by atomic mass is 16.5. The number of hydrogen-bond acceptors (Lipinski definition) is 4. The molecule has 0 bridgehead atoms. The number of nitrogens with zero attached hydrogens (tertiary/aromatic N) is 2. The van der Waals surface area contributed by atoms with Crippen LogP contribution in [0, 0.1) is 0 Å². The van der Waals surface area contributed by atoms with Crippen LogP contribution in [0.3, 0.4) is 0 Å². The number of methoxy groups -OCH3 is 2. The Bertz CT molecular complexity index is 627. The van der Waals surface area contributed by atoms with E-state index in [0.717, 1.165) is 31.8 Å². The molecule has 5 nitrogen and oxygen atoms in total. The van der Waals surface area contributed by atoms with Gasteiger partial charge >= 0.3 is 0 Å². The summed E-state index contributed by atoms with van der Waals surface area (Å²) < 4.78 is 12.8. The molecule has 0 spiro atoms. The molecule has 138 valence electrons. The molecule has 0 unspecified atom stereocenters. The minimum Gasteiger partial charge on any atom is -0.497 e. The summed E-state index contributed by atoms with van der Waals surface area (Å²) in [6.45, 7) is 5.71. The van der Waals surface area contributed by atoms with Crippen LogP contribution < -0.4 is 4.74 Å². The standard InChI is InChI=1S/C20H30N2O3/c1-4-19(23)16-21(11-12-24-2)15-18-8-6-10-22(18)14-17-7-5-9-20(13-17)25-3/h5-10,13,19,23H,4,11-12,14-16H2,1-3H3/t19-/m0/s1. The predicted molar refractivity (Wildman–Crippen MR) is 100.0 cm³/mol. The Labute approximate surface area is 150 Å². The average Bonchev–Trinajstić information content (AvgIpc) is 3.06. The summed E-state index contributed by atoms with van der Waals surface area (Å²) >= 11 is 0. The molecular weight excluding hydrogens is 316 g/mol. The smallest absolute Gasteiger partial charge is 0.119 e. The van der Waals surface area contributed by atoms with Crippen molar-refractivity contribution in [2.45, 2.75) is 32.5 Å². The second-order valence-corrected chi connectivity index (χ2v) is 6.27. The molecule has 0 saturated heterocycles. The lowest BCUT2D eigenvalue weighted by molar-refractivity contribution is 0.0818. The fraction of sp³-hybridized carbons (Fsp3) is 0.500. The molecule has 0 fully saturated rings. The maximum absolute atomic E-state index is 10.0. The van der Waals surface area contributed by atoms with E-state index in [4.69, 9.17) is 9.47 Å². The maximum Gasteiger partial charge on any atom is 0.119 e. The summed E-state index contributed by atoms with van der Waals surface area (Å²) in [5.41, 5.74) is 2.43. The summed E-state index contributed by atoms with van der Waals surface area (Å²) in [5.74, 6) is 0.874. The highest BCUT2D eigenvalue weighted by molar-refractivity contribution is 5.29. The number of benzene rings is 1. The van der Waals surface area contributed by atoms with Crippen molar-refractivity contribution in [1.29, 1.82) is 0 Å². The second kappa shape index (κ2) is 10.2. The normalized spacial score (nSPS) is 12.5. The lowest BCUT2D eigenvalue weighted by Crippen LogP contribution is -2.34. The number of ether oxygens (including phenoxy) is 2. The van der Waals surface area contributed by atoms with E-state index in [9.17, 15) is 5.11 Å². The van der Waals surface area contributed by atoms with Gasteiger partial charge in [0.15, 0.2) is 0 Å². The van der Waals surface area contributed by atoms with E-state index in [2.05, 4.69) is 39.9 Å². The number of aromatic nitrogens is 1. The van der Waals surface area contributed by atoms with Gasteiger partial charge in [0.05, 0.1) is 19.8 Å². The highest BCUT2D eigenvalue weighted by Crippen LogP contribution is 2.16. The van der Waals surface area contributed by atoms with Gasteiger partial charge in [0, 0.05) is 45.2 Å². The van der Waals surface area contributed by atoms with Gasteiger partial charge in [-0.05, 0) is 36.2 Å². The van der Waals surface area contributed by atoms with E-state index in [-0.39, 0.29) is 6.10 Å². The molecule has 1 N–H and O–H groups in total. The molecule has 0 amide bonds. The lowest BCUT2D eigenvalue weighted by Gasteiger charge is -2.25. The van der Waals surface area contributed by atoms with Gasteiger partial charge < -0.3 is 19.1 Å². The third kappa shape index (κ3) is 6.20. The molecule has 0 saturated carbocycles. The van der Waals surface area contributed by atoms with Gasteiger partial charge in [-0.15, -0.1) is 0 Å². The van der Waals surface area contributed by atoms with Crippen LogP contribution in [0.5, 0.6) is 5.75 Å². The van der Waals surface area contributed by atoms with Crippen LogP contribution in [0.25, 0.3) is 0 Å². The van der Waals surface area contributed by atoms with E-state index in [0.29, 0.717) is 13.2 Å². The minimum atomic E-state index is -0.307. The Morgan fingerprint density at radius 3 is 2.76 bits per heavy atom. The fourth-order valence-corrected chi connectivity index (χ4v) is 2.83. The van der Waals surface area contributed by atoms with Crippen LogP contribution in [0.4, 0.5) is 0 Å². The zero-order chi connectivity index (χ0) is 18.1. The summed E-state index contributed by atoms with van der Waals surface area (Å²) in [6.07, 6.45) is 2.55. The number of hydrogen-bond donors (Lipinski definition) is 1. The Balaban J connectivity index is 2.07. The molecule has 0 aliphatic rings. The first-order chi connectivity index (χ1) is 12.2. The molecule has 25 heavy (non-hydrogen) atoms. The Morgan fingerprint density at radius 2 is 2.04 bits per heavy atom. The monoisotopic (exact) mass is 346 g/mol. The molecular formula is C20H30N2O3. The van der Waals surface area contributed by atoms with Crippen LogP contribution in [-0.2, 0) is 17.8 Å². The first-order valence-electron chi connectivity index (χ1n) is 8.82. The molecule has 1 atom stereocenters. The molecule has 0 radical (unpaired) electrons. The summed E-state index contributed by atoms with van der Waals surface area (Å²) in [6, 6.07) is 12.3. The number of aliphatic hydroxyl groups is 1. The van der Waals surface area contributed by atoms with Crippen LogP contribution >= 0.6 is 0 Å². The largest absolute Gasteiger partial charge is 0.497 e. The summed E-state index contributed by atoms with van der Waals surface area (Å²) in [7, 11) is 3.40. The maximum atomic E-state index is 10.0. The van der Waals surface area contributed by atoms with Crippen LogP contribution in [0.15, 0.2) is 42.6 Å². The first kappa shape index (κ1) is 19.5. The van der Waals surface area contributed by atoms with Crippen LogP contribution in [0.2, 0.25) is 0 Å². The van der Waals surface area contributed by atoms with Gasteiger partial charge in [-0.3, -0.25) is 4.90 Å². The second-order valence-electron chi connectivity index (χ2n) is 6.27. The first-order valence-corrected chi connectivity index (χ1v) is 8.82. The van der Waals surface area contributed by atoms with Gasteiger partial charge in [-0.2, -0.15) is 0 Å². The van der Waals surface area contributed by atoms with E-state index in [1.165, 1.54) is 11.3 Å². The quantitative estimate of drug-likeness (QED) is 0.680. The van der Waals surface area contributed by atoms with Gasteiger partial charge in [0.2, 0.25) is 0 Å². The molecule has 5 heteroatoms. The van der Waals surface area contributed by atoms with E-state index in [1.54, 1.807) is 14.2 Å². The topological polar surface area (TPSA) is 46.9 Å². The van der Waals surface area contributed by atoms with Gasteiger partial charge in [0.1, 0.15) is 5.75 Å².